The Bertz CT molecular complexity index is 589. The molecule has 0 saturated carbocycles. The lowest BCUT2D eigenvalue weighted by Gasteiger charge is -2.08. The number of nitrogens with one attached hydrogen (secondary N) is 2. The van der Waals surface area contributed by atoms with Gasteiger partial charge in [0.25, 0.3) is 0 Å². The molecule has 0 unspecified atom stereocenters. The fourth-order valence-corrected chi connectivity index (χ4v) is 1.81. The van der Waals surface area contributed by atoms with Crippen LogP contribution in [0.5, 0.6) is 0 Å². The van der Waals surface area contributed by atoms with Crippen LogP contribution >= 0.6 is 0 Å². The van der Waals surface area contributed by atoms with Crippen molar-refractivity contribution >= 4 is 22.8 Å². The van der Waals surface area contributed by atoms with Crippen LogP contribution in [0.2, 0.25) is 0 Å². The van der Waals surface area contributed by atoms with Gasteiger partial charge in [0.2, 0.25) is 5.91 Å². The normalized spacial score (nSPS) is 12.3. The Labute approximate surface area is 104 Å². The van der Waals surface area contributed by atoms with Crippen molar-refractivity contribution in [3.63, 3.8) is 0 Å². The molecule has 1 aromatic heterocycles. The zero-order valence-electron chi connectivity index (χ0n) is 9.93. The Morgan fingerprint density at radius 3 is 2.83 bits per heavy atom. The average molecular weight is 246 g/mol. The van der Waals surface area contributed by atoms with Crippen LogP contribution in [0.1, 0.15) is 12.5 Å². The monoisotopic (exact) mass is 246 g/mol. The minimum Gasteiger partial charge on any atom is -0.480 e. The van der Waals surface area contributed by atoms with E-state index in [2.05, 4.69) is 10.3 Å². The molecule has 2 aromatic rings. The third-order valence-corrected chi connectivity index (χ3v) is 2.77. The number of fused-ring (bicyclic) bond motifs is 1. The zero-order valence-corrected chi connectivity index (χ0v) is 9.93. The van der Waals surface area contributed by atoms with Crippen LogP contribution < -0.4 is 5.32 Å². The fourth-order valence-electron chi connectivity index (χ4n) is 1.81. The zero-order chi connectivity index (χ0) is 13.1. The van der Waals surface area contributed by atoms with Gasteiger partial charge in [-0.25, -0.2) is 0 Å². The van der Waals surface area contributed by atoms with Gasteiger partial charge < -0.3 is 15.4 Å². The molecule has 1 amide bonds. The summed E-state index contributed by atoms with van der Waals surface area (Å²) in [5, 5.41) is 12.1. The minimum atomic E-state index is -1.04. The number of carboxylic acids is 1. The van der Waals surface area contributed by atoms with E-state index in [1.165, 1.54) is 6.92 Å². The second kappa shape index (κ2) is 4.91. The standard InChI is InChI=1S/C13H14N2O3/c1-8(13(17)18)15-12(16)6-9-7-14-11-5-3-2-4-10(9)11/h2-5,7-8,14H,6H2,1H3,(H,15,16)(H,17,18)/t8-/m0/s1. The van der Waals surface area contributed by atoms with Gasteiger partial charge in [-0.1, -0.05) is 18.2 Å². The lowest BCUT2D eigenvalue weighted by atomic mass is 10.1. The van der Waals surface area contributed by atoms with Crippen molar-refractivity contribution in [3.05, 3.63) is 36.0 Å². The summed E-state index contributed by atoms with van der Waals surface area (Å²) >= 11 is 0. The van der Waals surface area contributed by atoms with E-state index in [9.17, 15) is 9.59 Å². The average Bonchev–Trinajstić information content (AvgIpc) is 2.72. The Morgan fingerprint density at radius 1 is 1.39 bits per heavy atom. The van der Waals surface area contributed by atoms with E-state index in [1.807, 2.05) is 24.3 Å². The van der Waals surface area contributed by atoms with Gasteiger partial charge in [0.1, 0.15) is 6.04 Å². The van der Waals surface area contributed by atoms with Crippen LogP contribution in [0.25, 0.3) is 10.9 Å². The number of rotatable bonds is 4. The summed E-state index contributed by atoms with van der Waals surface area (Å²) in [5.74, 6) is -1.34. The molecule has 0 saturated heterocycles. The van der Waals surface area contributed by atoms with E-state index >= 15 is 0 Å². The minimum absolute atomic E-state index is 0.168. The number of para-hydroxylation sites is 1. The molecule has 94 valence electrons. The number of H-pyrrole nitrogens is 1. The number of hydrogen-bond donors (Lipinski definition) is 3. The number of aliphatic carboxylic acids is 1. The Balaban J connectivity index is 2.10. The lowest BCUT2D eigenvalue weighted by Crippen LogP contribution is -2.39. The molecule has 0 aliphatic heterocycles. The van der Waals surface area contributed by atoms with Crippen molar-refractivity contribution in [2.45, 2.75) is 19.4 Å². The van der Waals surface area contributed by atoms with Gasteiger partial charge >= 0.3 is 5.97 Å². The molecule has 0 bridgehead atoms. The number of hydrogen-bond acceptors (Lipinski definition) is 2. The predicted molar refractivity (Wildman–Crippen MR) is 67.2 cm³/mol. The van der Waals surface area contributed by atoms with Gasteiger partial charge in [0.05, 0.1) is 6.42 Å². The molecular weight excluding hydrogens is 232 g/mol. The van der Waals surface area contributed by atoms with Gasteiger partial charge in [-0.15, -0.1) is 0 Å². The Hall–Kier alpha value is -2.30. The Kier molecular flexibility index (Phi) is 3.32. The van der Waals surface area contributed by atoms with Crippen LogP contribution in [-0.4, -0.2) is 28.0 Å². The smallest absolute Gasteiger partial charge is 0.325 e. The van der Waals surface area contributed by atoms with E-state index in [0.29, 0.717) is 0 Å². The number of benzene rings is 1. The summed E-state index contributed by atoms with van der Waals surface area (Å²) in [5.41, 5.74) is 1.83. The lowest BCUT2D eigenvalue weighted by molar-refractivity contribution is -0.141. The van der Waals surface area contributed by atoms with Gasteiger partial charge in [0, 0.05) is 17.1 Å². The maximum atomic E-state index is 11.7. The van der Waals surface area contributed by atoms with E-state index in [4.69, 9.17) is 5.11 Å². The summed E-state index contributed by atoms with van der Waals surface area (Å²) in [4.78, 5) is 25.4. The molecule has 5 nitrogen and oxygen atoms in total. The highest BCUT2D eigenvalue weighted by molar-refractivity contribution is 5.90. The number of carboxylic acid groups (broad SMARTS) is 1. The molecule has 0 aliphatic carbocycles. The number of carbonyl (C=O) groups is 2. The summed E-state index contributed by atoms with van der Waals surface area (Å²) in [6.45, 7) is 1.44. The molecule has 1 heterocycles. The Morgan fingerprint density at radius 2 is 2.11 bits per heavy atom. The van der Waals surface area contributed by atoms with Gasteiger partial charge in [-0.3, -0.25) is 9.59 Å². The first kappa shape index (κ1) is 12.2. The van der Waals surface area contributed by atoms with Crippen LogP contribution in [0.15, 0.2) is 30.5 Å². The molecule has 0 fully saturated rings. The van der Waals surface area contributed by atoms with Crippen LogP contribution in [-0.2, 0) is 16.0 Å². The highest BCUT2D eigenvalue weighted by Gasteiger charge is 2.15. The number of aromatic nitrogens is 1. The molecule has 18 heavy (non-hydrogen) atoms. The maximum Gasteiger partial charge on any atom is 0.325 e. The van der Waals surface area contributed by atoms with Gasteiger partial charge in [0.15, 0.2) is 0 Å². The number of carbonyl (C=O) groups excluding carboxylic acids is 1. The van der Waals surface area contributed by atoms with Gasteiger partial charge in [-0.2, -0.15) is 0 Å². The first-order valence-corrected chi connectivity index (χ1v) is 5.65. The highest BCUT2D eigenvalue weighted by Crippen LogP contribution is 2.17. The molecule has 0 radical (unpaired) electrons. The third-order valence-electron chi connectivity index (χ3n) is 2.77. The van der Waals surface area contributed by atoms with E-state index in [1.54, 1.807) is 6.20 Å². The topological polar surface area (TPSA) is 82.2 Å². The molecule has 5 heteroatoms. The van der Waals surface area contributed by atoms with Crippen molar-refractivity contribution in [1.82, 2.24) is 10.3 Å². The first-order valence-electron chi connectivity index (χ1n) is 5.65. The van der Waals surface area contributed by atoms with Crippen LogP contribution in [0.4, 0.5) is 0 Å². The first-order chi connectivity index (χ1) is 8.58. The van der Waals surface area contributed by atoms with Crippen molar-refractivity contribution in [3.8, 4) is 0 Å². The van der Waals surface area contributed by atoms with Crippen LogP contribution in [0, 0.1) is 0 Å². The van der Waals surface area contributed by atoms with Crippen molar-refractivity contribution in [2.24, 2.45) is 0 Å². The van der Waals surface area contributed by atoms with Crippen LogP contribution in [0.3, 0.4) is 0 Å². The molecule has 3 N–H and O–H groups in total. The second-order valence-corrected chi connectivity index (χ2v) is 4.16. The predicted octanol–water partition coefficient (Wildman–Crippen LogP) is 1.30. The van der Waals surface area contributed by atoms with Gasteiger partial charge in [-0.05, 0) is 18.6 Å². The number of aromatic amines is 1. The van der Waals surface area contributed by atoms with E-state index in [0.717, 1.165) is 16.5 Å². The molecule has 0 spiro atoms. The second-order valence-electron chi connectivity index (χ2n) is 4.16. The van der Waals surface area contributed by atoms with Crippen molar-refractivity contribution < 1.29 is 14.7 Å². The molecule has 1 atom stereocenters. The van der Waals surface area contributed by atoms with E-state index < -0.39 is 12.0 Å². The maximum absolute atomic E-state index is 11.7. The highest BCUT2D eigenvalue weighted by atomic mass is 16.4. The fraction of sp³-hybridized carbons (Fsp3) is 0.231. The molecule has 1 aromatic carbocycles. The summed E-state index contributed by atoms with van der Waals surface area (Å²) in [6, 6.07) is 6.79. The quantitative estimate of drug-likeness (QED) is 0.760. The largest absolute Gasteiger partial charge is 0.480 e. The summed E-state index contributed by atoms with van der Waals surface area (Å²) in [6.07, 6.45) is 1.94. The van der Waals surface area contributed by atoms with Crippen molar-refractivity contribution in [2.75, 3.05) is 0 Å². The molecular formula is C13H14N2O3. The third kappa shape index (κ3) is 2.51. The summed E-state index contributed by atoms with van der Waals surface area (Å²) in [7, 11) is 0. The SMILES string of the molecule is C[C@H](NC(=O)Cc1c[nH]c2ccccc12)C(=O)O. The van der Waals surface area contributed by atoms with Crippen molar-refractivity contribution in [1.29, 1.82) is 0 Å². The molecule has 0 aliphatic rings. The molecule has 2 rings (SSSR count). The number of amides is 1. The van der Waals surface area contributed by atoms with E-state index in [-0.39, 0.29) is 12.3 Å². The summed E-state index contributed by atoms with van der Waals surface area (Å²) < 4.78 is 0.